The summed E-state index contributed by atoms with van der Waals surface area (Å²) in [7, 11) is 0. The van der Waals surface area contributed by atoms with Crippen LogP contribution in [0.4, 0.5) is 0 Å². The minimum absolute atomic E-state index is 0.419. The number of rotatable bonds is 4. The first kappa shape index (κ1) is 10.7. The molecule has 0 saturated heterocycles. The molecule has 1 unspecified atom stereocenters. The van der Waals surface area contributed by atoms with E-state index in [2.05, 4.69) is 4.98 Å². The van der Waals surface area contributed by atoms with E-state index >= 15 is 0 Å². The first-order chi connectivity index (χ1) is 7.72. The molecule has 0 fully saturated rings. The van der Waals surface area contributed by atoms with Gasteiger partial charge in [-0.05, 0) is 23.9 Å². The number of carboxylic acids is 1. The summed E-state index contributed by atoms with van der Waals surface area (Å²) in [6.45, 7) is 2.00. The van der Waals surface area contributed by atoms with Gasteiger partial charge in [0.05, 0.1) is 5.92 Å². The maximum absolute atomic E-state index is 11.1. The minimum Gasteiger partial charge on any atom is -0.481 e. The first-order valence-electron chi connectivity index (χ1n) is 5.53. The van der Waals surface area contributed by atoms with Crippen molar-refractivity contribution in [3.05, 3.63) is 36.0 Å². The third-order valence-electron chi connectivity index (χ3n) is 2.80. The highest BCUT2D eigenvalue weighted by molar-refractivity contribution is 5.83. The van der Waals surface area contributed by atoms with Crippen LogP contribution in [0.2, 0.25) is 0 Å². The topological polar surface area (TPSA) is 53.1 Å². The first-order valence-corrected chi connectivity index (χ1v) is 5.53. The van der Waals surface area contributed by atoms with Crippen molar-refractivity contribution in [3.8, 4) is 0 Å². The zero-order chi connectivity index (χ0) is 11.5. The highest BCUT2D eigenvalue weighted by atomic mass is 16.4. The van der Waals surface area contributed by atoms with Crippen LogP contribution in [0.5, 0.6) is 0 Å². The van der Waals surface area contributed by atoms with Crippen LogP contribution in [0.3, 0.4) is 0 Å². The quantitative estimate of drug-likeness (QED) is 0.826. The second-order valence-corrected chi connectivity index (χ2v) is 3.99. The maximum Gasteiger partial charge on any atom is 0.312 e. The lowest BCUT2D eigenvalue weighted by atomic mass is 10.0. The second kappa shape index (κ2) is 4.39. The molecule has 84 valence electrons. The molecule has 1 atom stereocenters. The Morgan fingerprint density at radius 1 is 1.44 bits per heavy atom. The molecule has 0 bridgehead atoms. The van der Waals surface area contributed by atoms with Crippen molar-refractivity contribution in [2.75, 3.05) is 0 Å². The number of carbonyl (C=O) groups is 1. The third-order valence-corrected chi connectivity index (χ3v) is 2.80. The van der Waals surface area contributed by atoms with Crippen LogP contribution in [0, 0.1) is 0 Å². The van der Waals surface area contributed by atoms with Crippen LogP contribution in [-0.2, 0) is 4.79 Å². The summed E-state index contributed by atoms with van der Waals surface area (Å²) in [5.74, 6) is -1.18. The zero-order valence-corrected chi connectivity index (χ0v) is 9.23. The van der Waals surface area contributed by atoms with Crippen LogP contribution in [0.1, 0.15) is 31.4 Å². The zero-order valence-electron chi connectivity index (χ0n) is 9.23. The molecule has 0 radical (unpaired) electrons. The molecule has 0 aliphatic heterocycles. The van der Waals surface area contributed by atoms with E-state index < -0.39 is 11.9 Å². The SMILES string of the molecule is CCCC(C(=O)O)c1cc2ccccc2[nH]1. The number of hydrogen-bond donors (Lipinski definition) is 2. The number of fused-ring (bicyclic) bond motifs is 1. The van der Waals surface area contributed by atoms with Gasteiger partial charge in [-0.1, -0.05) is 31.5 Å². The predicted octanol–water partition coefficient (Wildman–Crippen LogP) is 3.14. The van der Waals surface area contributed by atoms with Crippen molar-refractivity contribution in [3.63, 3.8) is 0 Å². The van der Waals surface area contributed by atoms with Gasteiger partial charge < -0.3 is 10.1 Å². The Kier molecular flexibility index (Phi) is 2.95. The normalized spacial score (nSPS) is 12.8. The average molecular weight is 217 g/mol. The molecule has 0 saturated carbocycles. The number of carboxylic acid groups (broad SMARTS) is 1. The fraction of sp³-hybridized carbons (Fsp3) is 0.308. The van der Waals surface area contributed by atoms with Gasteiger partial charge in [0.15, 0.2) is 0 Å². The van der Waals surface area contributed by atoms with E-state index in [0.717, 1.165) is 23.0 Å². The van der Waals surface area contributed by atoms with E-state index in [-0.39, 0.29) is 0 Å². The number of para-hydroxylation sites is 1. The van der Waals surface area contributed by atoms with Crippen LogP contribution < -0.4 is 0 Å². The van der Waals surface area contributed by atoms with Gasteiger partial charge in [0.2, 0.25) is 0 Å². The fourth-order valence-electron chi connectivity index (χ4n) is 1.98. The molecule has 0 spiro atoms. The van der Waals surface area contributed by atoms with Crippen molar-refractivity contribution in [2.45, 2.75) is 25.7 Å². The number of aliphatic carboxylic acids is 1. The molecule has 2 aromatic rings. The molecule has 3 heteroatoms. The van der Waals surface area contributed by atoms with E-state index in [4.69, 9.17) is 5.11 Å². The summed E-state index contributed by atoms with van der Waals surface area (Å²) in [4.78, 5) is 14.3. The lowest BCUT2D eigenvalue weighted by molar-refractivity contribution is -0.139. The molecule has 0 amide bonds. The Morgan fingerprint density at radius 2 is 2.19 bits per heavy atom. The van der Waals surface area contributed by atoms with E-state index in [1.54, 1.807) is 0 Å². The van der Waals surface area contributed by atoms with Crippen molar-refractivity contribution in [1.82, 2.24) is 4.98 Å². The molecular formula is C13H15NO2. The van der Waals surface area contributed by atoms with Gasteiger partial charge in [0.1, 0.15) is 0 Å². The highest BCUT2D eigenvalue weighted by Crippen LogP contribution is 2.24. The summed E-state index contributed by atoms with van der Waals surface area (Å²) in [5.41, 5.74) is 1.80. The van der Waals surface area contributed by atoms with Gasteiger partial charge in [0.25, 0.3) is 0 Å². The van der Waals surface area contributed by atoms with Crippen molar-refractivity contribution < 1.29 is 9.90 Å². The average Bonchev–Trinajstić information content (AvgIpc) is 2.68. The largest absolute Gasteiger partial charge is 0.481 e. The smallest absolute Gasteiger partial charge is 0.312 e. The Hall–Kier alpha value is -1.77. The Balaban J connectivity index is 2.40. The molecular weight excluding hydrogens is 202 g/mol. The molecule has 0 aliphatic carbocycles. The number of aromatic amines is 1. The van der Waals surface area contributed by atoms with Crippen LogP contribution >= 0.6 is 0 Å². The standard InChI is InChI=1S/C13H15NO2/c1-2-5-10(13(15)16)12-8-9-6-3-4-7-11(9)14-12/h3-4,6-8,10,14H,2,5H2,1H3,(H,15,16). The number of H-pyrrole nitrogens is 1. The monoisotopic (exact) mass is 217 g/mol. The van der Waals surface area contributed by atoms with Gasteiger partial charge in [-0.3, -0.25) is 4.79 Å². The number of hydrogen-bond acceptors (Lipinski definition) is 1. The number of benzene rings is 1. The Morgan fingerprint density at radius 3 is 2.81 bits per heavy atom. The van der Waals surface area contributed by atoms with Crippen molar-refractivity contribution in [2.24, 2.45) is 0 Å². The number of nitrogens with one attached hydrogen (secondary N) is 1. The minimum atomic E-state index is -0.756. The van der Waals surface area contributed by atoms with Crippen LogP contribution in [0.15, 0.2) is 30.3 Å². The van der Waals surface area contributed by atoms with E-state index in [0.29, 0.717) is 6.42 Å². The molecule has 2 N–H and O–H groups in total. The second-order valence-electron chi connectivity index (χ2n) is 3.99. The molecule has 1 heterocycles. The summed E-state index contributed by atoms with van der Waals surface area (Å²) in [6.07, 6.45) is 1.54. The van der Waals surface area contributed by atoms with Crippen LogP contribution in [-0.4, -0.2) is 16.1 Å². The molecule has 3 nitrogen and oxygen atoms in total. The maximum atomic E-state index is 11.1. The molecule has 0 aliphatic rings. The third kappa shape index (κ3) is 1.94. The van der Waals surface area contributed by atoms with Crippen molar-refractivity contribution >= 4 is 16.9 Å². The summed E-state index contributed by atoms with van der Waals surface area (Å²) >= 11 is 0. The highest BCUT2D eigenvalue weighted by Gasteiger charge is 2.20. The summed E-state index contributed by atoms with van der Waals surface area (Å²) in [5, 5.41) is 10.2. The molecule has 1 aromatic heterocycles. The molecule has 1 aromatic carbocycles. The van der Waals surface area contributed by atoms with Crippen molar-refractivity contribution in [1.29, 1.82) is 0 Å². The molecule has 16 heavy (non-hydrogen) atoms. The van der Waals surface area contributed by atoms with Gasteiger partial charge in [0, 0.05) is 11.2 Å². The van der Waals surface area contributed by atoms with Gasteiger partial charge >= 0.3 is 5.97 Å². The van der Waals surface area contributed by atoms with Gasteiger partial charge in [-0.25, -0.2) is 0 Å². The molecule has 2 rings (SSSR count). The lowest BCUT2D eigenvalue weighted by Crippen LogP contribution is -2.11. The van der Waals surface area contributed by atoms with Crippen LogP contribution in [0.25, 0.3) is 10.9 Å². The predicted molar refractivity (Wildman–Crippen MR) is 63.6 cm³/mol. The Bertz CT molecular complexity index is 468. The van der Waals surface area contributed by atoms with E-state index in [1.165, 1.54) is 0 Å². The van der Waals surface area contributed by atoms with E-state index in [1.807, 2.05) is 37.3 Å². The Labute approximate surface area is 94.1 Å². The van der Waals surface area contributed by atoms with E-state index in [9.17, 15) is 4.79 Å². The summed E-state index contributed by atoms with van der Waals surface area (Å²) < 4.78 is 0. The lowest BCUT2D eigenvalue weighted by Gasteiger charge is -2.08. The number of aromatic nitrogens is 1. The summed E-state index contributed by atoms with van der Waals surface area (Å²) in [6, 6.07) is 9.78. The van der Waals surface area contributed by atoms with Gasteiger partial charge in [-0.2, -0.15) is 0 Å². The fourth-order valence-corrected chi connectivity index (χ4v) is 1.98. The van der Waals surface area contributed by atoms with Gasteiger partial charge in [-0.15, -0.1) is 0 Å².